The predicted octanol–water partition coefficient (Wildman–Crippen LogP) is 17.2. The maximum absolute atomic E-state index is 12.9. The molecule has 0 aromatic carbocycles. The number of hydrogen-bond donors (Lipinski definition) is 4. The van der Waals surface area contributed by atoms with E-state index in [4.69, 9.17) is 32.3 Å². The Morgan fingerprint density at radius 3 is 1.04 bits per heavy atom. The molecule has 83 heavy (non-hydrogen) atoms. The van der Waals surface area contributed by atoms with Gasteiger partial charge in [0, 0.05) is 19.3 Å². The Hall–Kier alpha value is -3.01. The van der Waals surface area contributed by atoms with Crippen molar-refractivity contribution >= 4 is 33.6 Å². The Morgan fingerprint density at radius 2 is 0.639 bits per heavy atom. The molecule has 0 saturated carbocycles. The monoisotopic (exact) mass is 1210 g/mol. The van der Waals surface area contributed by atoms with E-state index in [2.05, 4.69) is 93.7 Å². The third-order valence-electron chi connectivity index (χ3n) is 13.4. The molecule has 0 aliphatic carbocycles. The molecule has 0 spiro atoms. The van der Waals surface area contributed by atoms with Crippen LogP contribution in [0.5, 0.6) is 0 Å². The minimum atomic E-state index is -4.92. The van der Waals surface area contributed by atoms with Gasteiger partial charge < -0.3 is 34.2 Å². The second-order valence-corrected chi connectivity index (χ2v) is 24.4. The van der Waals surface area contributed by atoms with E-state index in [0.717, 1.165) is 128 Å². The lowest BCUT2D eigenvalue weighted by Gasteiger charge is -2.21. The first-order chi connectivity index (χ1) is 40.2. The Labute approximate surface area is 503 Å². The van der Waals surface area contributed by atoms with Gasteiger partial charge in [0.2, 0.25) is 0 Å². The first kappa shape index (κ1) is 80.0. The van der Waals surface area contributed by atoms with Crippen molar-refractivity contribution in [2.24, 2.45) is 0 Å². The zero-order chi connectivity index (χ0) is 61.0. The zero-order valence-corrected chi connectivity index (χ0v) is 53.6. The van der Waals surface area contributed by atoms with Crippen LogP contribution in [0, 0.1) is 0 Å². The fourth-order valence-corrected chi connectivity index (χ4v) is 10.1. The number of rotatable bonds is 61. The van der Waals surface area contributed by atoms with E-state index in [1.54, 1.807) is 0 Å². The van der Waals surface area contributed by atoms with E-state index in [-0.39, 0.29) is 19.3 Å². The highest BCUT2D eigenvalue weighted by Crippen LogP contribution is 2.45. The van der Waals surface area contributed by atoms with Crippen molar-refractivity contribution < 1.29 is 75.8 Å². The fraction of sp³-hybridized carbons (Fsp3) is 0.769. The minimum Gasteiger partial charge on any atom is -0.463 e. The Bertz CT molecular complexity index is 1820. The van der Waals surface area contributed by atoms with E-state index >= 15 is 0 Å². The van der Waals surface area contributed by atoms with Crippen LogP contribution in [0.3, 0.4) is 0 Å². The summed E-state index contributed by atoms with van der Waals surface area (Å²) in [5, 5.41) is 20.5. The van der Waals surface area contributed by atoms with Crippen LogP contribution in [0.1, 0.15) is 265 Å². The van der Waals surface area contributed by atoms with E-state index in [0.29, 0.717) is 19.3 Å². The van der Waals surface area contributed by atoms with Crippen molar-refractivity contribution in [3.63, 3.8) is 0 Å². The van der Waals surface area contributed by atoms with Gasteiger partial charge in [-0.1, -0.05) is 229 Å². The van der Waals surface area contributed by atoms with Gasteiger partial charge in [0.1, 0.15) is 25.4 Å². The first-order valence-electron chi connectivity index (χ1n) is 32.2. The number of unbranched alkanes of at least 4 members (excludes halogenated alkanes) is 26. The van der Waals surface area contributed by atoms with Gasteiger partial charge >= 0.3 is 33.6 Å². The molecular formula is C65H116O16P2. The first-order valence-corrected chi connectivity index (χ1v) is 35.2. The number of carbonyl (C=O) groups is 3. The standard InChI is InChI=1S/C65H116O16P2/c1-4-7-10-13-16-19-22-25-27-28-29-30-32-35-36-39-42-45-48-51-63(68)75-54-60(66)55-77-82(71,72)78-56-61(67)57-79-83(73,74)80-59-62(81-65(70)53-50-47-44-41-38-33-24-21-18-15-12-9-6-3)58-76-64(69)52-49-46-43-40-37-34-31-26-23-20-17-14-11-8-5-2/h8,11,16-17,19-20,25-27,29-31,60-62,66-67H,4-7,9-10,12-15,18,21-24,28,32-59H2,1-3H3,(H,71,72)(H,73,74)/b11-8-,19-16-,20-17-,27-25-,30-29-,31-26-. The summed E-state index contributed by atoms with van der Waals surface area (Å²) >= 11 is 0. The van der Waals surface area contributed by atoms with Crippen molar-refractivity contribution in [3.05, 3.63) is 72.9 Å². The number of allylic oxidation sites excluding steroid dienone is 12. The summed E-state index contributed by atoms with van der Waals surface area (Å²) in [6.45, 7) is 2.50. The maximum atomic E-state index is 12.9. The molecule has 4 N–H and O–H groups in total. The molecule has 16 nitrogen and oxygen atoms in total. The van der Waals surface area contributed by atoms with Crippen molar-refractivity contribution in [2.75, 3.05) is 39.6 Å². The average Bonchev–Trinajstić information content (AvgIpc) is 3.46. The SMILES string of the molecule is CC/C=C\C/C=C\C/C=C\CCCCCCCC(=O)OCC(COP(=O)(O)OCC(O)COP(=O)(O)OCC(O)COC(=O)CCCCCCCC/C=C\C/C=C\C/C=C\CCCCC)OC(=O)CCCCCCCCCCCCCCC. The highest BCUT2D eigenvalue weighted by Gasteiger charge is 2.29. The summed E-state index contributed by atoms with van der Waals surface area (Å²) < 4.78 is 60.7. The molecule has 0 radical (unpaired) electrons. The van der Waals surface area contributed by atoms with Gasteiger partial charge in [-0.25, -0.2) is 9.13 Å². The molecular weight excluding hydrogens is 1100 g/mol. The minimum absolute atomic E-state index is 0.104. The molecule has 0 aromatic rings. The topological polar surface area (TPSA) is 231 Å². The van der Waals surface area contributed by atoms with Crippen LogP contribution in [-0.4, -0.2) is 95.9 Å². The van der Waals surface area contributed by atoms with Crippen LogP contribution in [0.25, 0.3) is 0 Å². The molecule has 18 heteroatoms. The molecule has 0 heterocycles. The van der Waals surface area contributed by atoms with Crippen molar-refractivity contribution in [1.29, 1.82) is 0 Å². The maximum Gasteiger partial charge on any atom is 0.472 e. The van der Waals surface area contributed by atoms with Crippen LogP contribution in [0.4, 0.5) is 0 Å². The van der Waals surface area contributed by atoms with Crippen LogP contribution in [0.15, 0.2) is 72.9 Å². The molecule has 5 atom stereocenters. The summed E-state index contributed by atoms with van der Waals surface area (Å²) in [4.78, 5) is 58.2. The van der Waals surface area contributed by atoms with Crippen molar-refractivity contribution in [3.8, 4) is 0 Å². The fourth-order valence-electron chi connectivity index (χ4n) is 8.47. The van der Waals surface area contributed by atoms with Crippen molar-refractivity contribution in [1.82, 2.24) is 0 Å². The number of carbonyl (C=O) groups excluding carboxylic acids is 3. The van der Waals surface area contributed by atoms with E-state index < -0.39 is 91.5 Å². The zero-order valence-electron chi connectivity index (χ0n) is 51.9. The third-order valence-corrected chi connectivity index (χ3v) is 15.3. The van der Waals surface area contributed by atoms with Crippen LogP contribution >= 0.6 is 15.6 Å². The molecule has 482 valence electrons. The quantitative estimate of drug-likeness (QED) is 0.0146. The van der Waals surface area contributed by atoms with Gasteiger partial charge in [0.25, 0.3) is 0 Å². The lowest BCUT2D eigenvalue weighted by molar-refractivity contribution is -0.161. The normalized spacial score (nSPS) is 14.8. The lowest BCUT2D eigenvalue weighted by atomic mass is 10.0. The largest absolute Gasteiger partial charge is 0.472 e. The molecule has 0 aliphatic rings. The van der Waals surface area contributed by atoms with Crippen molar-refractivity contribution in [2.45, 2.75) is 283 Å². The number of aliphatic hydroxyl groups is 2. The molecule has 0 aromatic heterocycles. The predicted molar refractivity (Wildman–Crippen MR) is 335 cm³/mol. The Balaban J connectivity index is 4.64. The number of esters is 3. The number of ether oxygens (including phenoxy) is 3. The number of aliphatic hydroxyl groups excluding tert-OH is 2. The summed E-state index contributed by atoms with van der Waals surface area (Å²) in [6.07, 6.45) is 59.6. The molecule has 0 amide bonds. The average molecular weight is 1220 g/mol. The molecule has 5 unspecified atom stereocenters. The number of hydrogen-bond acceptors (Lipinski definition) is 14. The van der Waals surface area contributed by atoms with E-state index in [1.807, 2.05) is 0 Å². The summed E-state index contributed by atoms with van der Waals surface area (Å²) in [5.41, 5.74) is 0. The third kappa shape index (κ3) is 60.5. The van der Waals surface area contributed by atoms with Gasteiger partial charge in [0.15, 0.2) is 6.10 Å². The molecule has 0 bridgehead atoms. The van der Waals surface area contributed by atoms with E-state index in [1.165, 1.54) is 77.0 Å². The number of phosphoric ester groups is 2. The summed E-state index contributed by atoms with van der Waals surface area (Å²) in [7, 11) is -9.77. The molecule has 0 fully saturated rings. The van der Waals surface area contributed by atoms with Gasteiger partial charge in [-0.3, -0.25) is 32.5 Å². The van der Waals surface area contributed by atoms with Crippen LogP contribution in [-0.2, 0) is 55.8 Å². The second-order valence-electron chi connectivity index (χ2n) is 21.5. The molecule has 0 saturated heterocycles. The molecule has 0 aliphatic heterocycles. The second kappa shape index (κ2) is 59.3. The van der Waals surface area contributed by atoms with Gasteiger partial charge in [-0.05, 0) is 89.9 Å². The van der Waals surface area contributed by atoms with Crippen LogP contribution < -0.4 is 0 Å². The van der Waals surface area contributed by atoms with Gasteiger partial charge in [-0.2, -0.15) is 0 Å². The number of phosphoric acid groups is 2. The Morgan fingerprint density at radius 1 is 0.349 bits per heavy atom. The van der Waals surface area contributed by atoms with Gasteiger partial charge in [-0.15, -0.1) is 0 Å². The summed E-state index contributed by atoms with van der Waals surface area (Å²) in [5.74, 6) is -1.60. The highest BCUT2D eigenvalue weighted by atomic mass is 31.2. The van der Waals surface area contributed by atoms with E-state index in [9.17, 15) is 43.5 Å². The smallest absolute Gasteiger partial charge is 0.463 e. The Kier molecular flexibility index (Phi) is 57.2. The van der Waals surface area contributed by atoms with Crippen LogP contribution in [0.2, 0.25) is 0 Å². The lowest BCUT2D eigenvalue weighted by Crippen LogP contribution is -2.30. The van der Waals surface area contributed by atoms with Gasteiger partial charge in [0.05, 0.1) is 26.4 Å². The molecule has 0 rings (SSSR count). The summed E-state index contributed by atoms with van der Waals surface area (Å²) in [6, 6.07) is 0. The highest BCUT2D eigenvalue weighted by molar-refractivity contribution is 7.47.